The highest BCUT2D eigenvalue weighted by molar-refractivity contribution is 6.31. The van der Waals surface area contributed by atoms with Crippen LogP contribution in [0.4, 0.5) is 4.39 Å². The number of nitrogens with one attached hydrogen (secondary N) is 1. The van der Waals surface area contributed by atoms with Crippen LogP contribution in [0, 0.1) is 18.7 Å². The molecule has 1 aromatic rings. The molecule has 0 amide bonds. The van der Waals surface area contributed by atoms with Crippen molar-refractivity contribution in [3.8, 4) is 0 Å². The van der Waals surface area contributed by atoms with E-state index in [-0.39, 0.29) is 5.82 Å². The first-order chi connectivity index (χ1) is 9.10. The Balaban J connectivity index is 1.94. The minimum absolute atomic E-state index is 0.163. The summed E-state index contributed by atoms with van der Waals surface area (Å²) < 4.78 is 13.6. The van der Waals surface area contributed by atoms with Gasteiger partial charge in [0.2, 0.25) is 0 Å². The zero-order valence-corrected chi connectivity index (χ0v) is 12.4. The number of hydrogen-bond donors (Lipinski definition) is 1. The Morgan fingerprint density at radius 3 is 2.68 bits per heavy atom. The highest BCUT2D eigenvalue weighted by Crippen LogP contribution is 2.24. The van der Waals surface area contributed by atoms with E-state index in [1.807, 2.05) is 7.05 Å². The van der Waals surface area contributed by atoms with Crippen molar-refractivity contribution in [1.29, 1.82) is 0 Å². The average Bonchev–Trinajstić information content (AvgIpc) is 2.38. The Morgan fingerprint density at radius 1 is 1.37 bits per heavy atom. The molecule has 0 spiro atoms. The Hall–Kier alpha value is -0.640. The van der Waals surface area contributed by atoms with Crippen molar-refractivity contribution >= 4 is 11.6 Å². The summed E-state index contributed by atoms with van der Waals surface area (Å²) in [4.78, 5) is 2.36. The lowest BCUT2D eigenvalue weighted by Crippen LogP contribution is -2.36. The molecule has 1 N–H and O–H groups in total. The predicted octanol–water partition coefficient (Wildman–Crippen LogP) is 3.22. The first-order valence-corrected chi connectivity index (χ1v) is 7.29. The minimum atomic E-state index is -0.163. The van der Waals surface area contributed by atoms with Gasteiger partial charge in [0.25, 0.3) is 0 Å². The smallest absolute Gasteiger partial charge is 0.126 e. The topological polar surface area (TPSA) is 15.3 Å². The molecule has 2 nitrogen and oxygen atoms in total. The zero-order chi connectivity index (χ0) is 13.8. The maximum Gasteiger partial charge on any atom is 0.126 e. The van der Waals surface area contributed by atoms with Crippen LogP contribution in [-0.4, -0.2) is 31.6 Å². The summed E-state index contributed by atoms with van der Waals surface area (Å²) in [6, 6.07) is 3.30. The molecule has 1 aliphatic rings. The van der Waals surface area contributed by atoms with E-state index in [9.17, 15) is 4.39 Å². The van der Waals surface area contributed by atoms with Gasteiger partial charge in [-0.1, -0.05) is 11.6 Å². The quantitative estimate of drug-likeness (QED) is 0.913. The van der Waals surface area contributed by atoms with Gasteiger partial charge in [-0.05, 0) is 75.6 Å². The lowest BCUT2D eigenvalue weighted by atomic mass is 9.96. The molecule has 0 unspecified atom stereocenters. The van der Waals surface area contributed by atoms with E-state index >= 15 is 0 Å². The van der Waals surface area contributed by atoms with Crippen molar-refractivity contribution in [1.82, 2.24) is 10.2 Å². The molecule has 0 bridgehead atoms. The molecule has 106 valence electrons. The SMILES string of the molecule is CNCC1CCN(Cc2cc(F)c(C)cc2Cl)CC1. The molecule has 0 saturated carbocycles. The molecule has 1 aliphatic heterocycles. The number of aryl methyl sites for hydroxylation is 1. The molecule has 1 aromatic carbocycles. The maximum atomic E-state index is 13.6. The van der Waals surface area contributed by atoms with Crippen LogP contribution >= 0.6 is 11.6 Å². The van der Waals surface area contributed by atoms with Crippen LogP contribution in [-0.2, 0) is 6.54 Å². The molecule has 0 aliphatic carbocycles. The molecule has 4 heteroatoms. The molecule has 0 aromatic heterocycles. The second-order valence-corrected chi connectivity index (χ2v) is 5.88. The highest BCUT2D eigenvalue weighted by atomic mass is 35.5. The van der Waals surface area contributed by atoms with Crippen molar-refractivity contribution in [2.45, 2.75) is 26.3 Å². The van der Waals surface area contributed by atoms with E-state index in [0.29, 0.717) is 10.6 Å². The molecule has 2 rings (SSSR count). The first kappa shape index (κ1) is 14.8. The number of hydrogen-bond acceptors (Lipinski definition) is 2. The molecular formula is C15H22ClFN2. The largest absolute Gasteiger partial charge is 0.319 e. The van der Waals surface area contributed by atoms with Gasteiger partial charge in [-0.15, -0.1) is 0 Å². The molecule has 1 heterocycles. The Morgan fingerprint density at radius 2 is 2.05 bits per heavy atom. The molecule has 19 heavy (non-hydrogen) atoms. The minimum Gasteiger partial charge on any atom is -0.319 e. The van der Waals surface area contributed by atoms with Gasteiger partial charge in [-0.3, -0.25) is 4.90 Å². The first-order valence-electron chi connectivity index (χ1n) is 6.91. The molecule has 1 fully saturated rings. The summed E-state index contributed by atoms with van der Waals surface area (Å²) in [7, 11) is 2.00. The molecular weight excluding hydrogens is 263 g/mol. The second-order valence-electron chi connectivity index (χ2n) is 5.47. The van der Waals surface area contributed by atoms with Gasteiger partial charge >= 0.3 is 0 Å². The summed E-state index contributed by atoms with van der Waals surface area (Å²) in [6.45, 7) is 5.72. The lowest BCUT2D eigenvalue weighted by Gasteiger charge is -2.32. The predicted molar refractivity (Wildman–Crippen MR) is 78.1 cm³/mol. The van der Waals surface area contributed by atoms with Gasteiger partial charge in [0.05, 0.1) is 0 Å². The van der Waals surface area contributed by atoms with Crippen LogP contribution in [0.25, 0.3) is 0 Å². The van der Waals surface area contributed by atoms with Crippen molar-refractivity contribution in [3.63, 3.8) is 0 Å². The van der Waals surface area contributed by atoms with E-state index in [1.165, 1.54) is 12.8 Å². The second kappa shape index (κ2) is 6.69. The standard InChI is InChI=1S/C15H22ClFN2/c1-11-7-14(16)13(8-15(11)17)10-19-5-3-12(4-6-19)9-18-2/h7-8,12,18H,3-6,9-10H2,1-2H3. The third-order valence-electron chi connectivity index (χ3n) is 3.92. The number of piperidine rings is 1. The third-order valence-corrected chi connectivity index (χ3v) is 4.27. The summed E-state index contributed by atoms with van der Waals surface area (Å²) >= 11 is 6.20. The van der Waals surface area contributed by atoms with Crippen LogP contribution in [0.3, 0.4) is 0 Å². The Kier molecular flexibility index (Phi) is 5.20. The molecule has 1 saturated heterocycles. The Bertz CT molecular complexity index is 428. The van der Waals surface area contributed by atoms with Crippen molar-refractivity contribution in [2.24, 2.45) is 5.92 Å². The van der Waals surface area contributed by atoms with Crippen molar-refractivity contribution < 1.29 is 4.39 Å². The monoisotopic (exact) mass is 284 g/mol. The van der Waals surface area contributed by atoms with Crippen LogP contribution < -0.4 is 5.32 Å². The van der Waals surface area contributed by atoms with Crippen LogP contribution in [0.2, 0.25) is 5.02 Å². The van der Waals surface area contributed by atoms with Gasteiger partial charge in [-0.2, -0.15) is 0 Å². The third kappa shape index (κ3) is 3.91. The van der Waals surface area contributed by atoms with Gasteiger partial charge in [0.1, 0.15) is 5.82 Å². The molecule has 0 atom stereocenters. The fourth-order valence-electron chi connectivity index (χ4n) is 2.69. The number of nitrogens with zero attached hydrogens (tertiary/aromatic N) is 1. The van der Waals surface area contributed by atoms with Gasteiger partial charge in [-0.25, -0.2) is 4.39 Å². The van der Waals surface area contributed by atoms with E-state index in [1.54, 1.807) is 19.1 Å². The van der Waals surface area contributed by atoms with Crippen molar-refractivity contribution in [2.75, 3.05) is 26.7 Å². The van der Waals surface area contributed by atoms with E-state index in [2.05, 4.69) is 10.2 Å². The summed E-state index contributed by atoms with van der Waals surface area (Å²) in [5, 5.41) is 3.91. The normalized spacial score (nSPS) is 17.9. The van der Waals surface area contributed by atoms with E-state index in [0.717, 1.165) is 37.7 Å². The zero-order valence-electron chi connectivity index (χ0n) is 11.7. The Labute approximate surface area is 119 Å². The fraction of sp³-hybridized carbons (Fsp3) is 0.600. The average molecular weight is 285 g/mol. The number of benzene rings is 1. The van der Waals surface area contributed by atoms with E-state index < -0.39 is 0 Å². The van der Waals surface area contributed by atoms with Crippen LogP contribution in [0.5, 0.6) is 0 Å². The van der Waals surface area contributed by atoms with Crippen LogP contribution in [0.15, 0.2) is 12.1 Å². The van der Waals surface area contributed by atoms with Gasteiger partial charge in [0.15, 0.2) is 0 Å². The number of rotatable bonds is 4. The van der Waals surface area contributed by atoms with Crippen LogP contribution in [0.1, 0.15) is 24.0 Å². The molecule has 0 radical (unpaired) electrons. The van der Waals surface area contributed by atoms with E-state index in [4.69, 9.17) is 11.6 Å². The van der Waals surface area contributed by atoms with Crippen molar-refractivity contribution in [3.05, 3.63) is 34.1 Å². The number of likely N-dealkylation sites (tertiary alicyclic amines) is 1. The van der Waals surface area contributed by atoms with Gasteiger partial charge < -0.3 is 5.32 Å². The fourth-order valence-corrected chi connectivity index (χ4v) is 2.96. The summed E-state index contributed by atoms with van der Waals surface area (Å²) in [5.74, 6) is 0.607. The summed E-state index contributed by atoms with van der Waals surface area (Å²) in [5.41, 5.74) is 1.51. The maximum absolute atomic E-state index is 13.6. The lowest BCUT2D eigenvalue weighted by molar-refractivity contribution is 0.176. The van der Waals surface area contributed by atoms with Gasteiger partial charge in [0, 0.05) is 11.6 Å². The summed E-state index contributed by atoms with van der Waals surface area (Å²) in [6.07, 6.45) is 2.40. The number of halogens is 2. The highest BCUT2D eigenvalue weighted by Gasteiger charge is 2.19.